The van der Waals surface area contributed by atoms with Gasteiger partial charge in [-0.2, -0.15) is 0 Å². The first kappa shape index (κ1) is 25.3. The van der Waals surface area contributed by atoms with Crippen LogP contribution in [-0.4, -0.2) is 27.5 Å². The molecule has 1 N–H and O–H groups in total. The third kappa shape index (κ3) is 5.78. The number of hydrogen-bond donors (Lipinski definition) is 1. The van der Waals surface area contributed by atoms with Gasteiger partial charge in [0.15, 0.2) is 0 Å². The first-order valence-electron chi connectivity index (χ1n) is 11.3. The number of aryl methyl sites for hydroxylation is 2. The highest BCUT2D eigenvalue weighted by Crippen LogP contribution is 2.29. The van der Waals surface area contributed by atoms with E-state index in [2.05, 4.69) is 5.32 Å². The van der Waals surface area contributed by atoms with Gasteiger partial charge in [-0.05, 0) is 81.6 Å². The fraction of sp³-hybridized carbons (Fsp3) is 0.296. The van der Waals surface area contributed by atoms with E-state index in [9.17, 15) is 13.2 Å². The molecule has 0 aliphatic heterocycles. The maximum atomic E-state index is 13.6. The Morgan fingerprint density at radius 2 is 1.62 bits per heavy atom. The molecular weight excluding hydrogens is 448 g/mol. The highest BCUT2D eigenvalue weighted by atomic mass is 32.2. The Hall–Kier alpha value is -3.32. The quantitative estimate of drug-likeness (QED) is 0.463. The Labute approximate surface area is 202 Å². The number of hydrogen-bond acceptors (Lipinski definition) is 4. The van der Waals surface area contributed by atoms with E-state index in [0.717, 1.165) is 28.0 Å². The summed E-state index contributed by atoms with van der Waals surface area (Å²) in [7, 11) is -3.96. The lowest BCUT2D eigenvalue weighted by molar-refractivity contribution is -0.120. The van der Waals surface area contributed by atoms with Crippen molar-refractivity contribution in [2.45, 2.75) is 45.6 Å². The molecule has 0 aliphatic rings. The van der Waals surface area contributed by atoms with Crippen molar-refractivity contribution >= 4 is 21.6 Å². The molecule has 0 heterocycles. The molecule has 6 nitrogen and oxygen atoms in total. The first-order chi connectivity index (χ1) is 16.1. The minimum Gasteiger partial charge on any atom is -0.494 e. The van der Waals surface area contributed by atoms with Crippen molar-refractivity contribution in [3.63, 3.8) is 0 Å². The second-order valence-corrected chi connectivity index (χ2v) is 10.2. The summed E-state index contributed by atoms with van der Waals surface area (Å²) in [5.41, 5.74) is 4.11. The summed E-state index contributed by atoms with van der Waals surface area (Å²) in [4.78, 5) is 13.2. The lowest BCUT2D eigenvalue weighted by atomic mass is 10.1. The number of ether oxygens (including phenoxy) is 1. The molecule has 0 unspecified atom stereocenters. The Bertz CT molecular complexity index is 1240. The van der Waals surface area contributed by atoms with E-state index in [-0.39, 0.29) is 17.5 Å². The zero-order valence-electron chi connectivity index (χ0n) is 20.3. The van der Waals surface area contributed by atoms with Crippen LogP contribution >= 0.6 is 0 Å². The Morgan fingerprint density at radius 3 is 2.24 bits per heavy atom. The molecule has 0 saturated heterocycles. The maximum absolute atomic E-state index is 13.6. The highest BCUT2D eigenvalue weighted by Gasteiger charge is 2.29. The third-order valence-corrected chi connectivity index (χ3v) is 7.58. The van der Waals surface area contributed by atoms with Crippen molar-refractivity contribution in [1.82, 2.24) is 5.32 Å². The molecule has 0 bridgehead atoms. The molecule has 34 heavy (non-hydrogen) atoms. The van der Waals surface area contributed by atoms with Crippen molar-refractivity contribution in [2.75, 3.05) is 17.5 Å². The molecule has 3 aromatic rings. The van der Waals surface area contributed by atoms with Crippen LogP contribution in [0.25, 0.3) is 0 Å². The van der Waals surface area contributed by atoms with Gasteiger partial charge in [0.25, 0.3) is 10.0 Å². The van der Waals surface area contributed by atoms with Crippen LogP contribution in [0.4, 0.5) is 5.69 Å². The number of carbonyl (C=O) groups excluding carboxylic acids is 1. The average Bonchev–Trinajstić information content (AvgIpc) is 2.80. The number of anilines is 1. The molecule has 0 fully saturated rings. The summed E-state index contributed by atoms with van der Waals surface area (Å²) in [6, 6.07) is 19.3. The standard InChI is InChI=1S/C27H32N2O4S/c1-6-33-24-14-12-23(13-15-24)22(5)28-27(30)18-29(26-9-7-8-20(3)21(26)4)34(31,32)25-16-10-19(2)11-17-25/h7-17,22H,6,18H2,1-5H3,(H,28,30)/t22-/m1/s1. The summed E-state index contributed by atoms with van der Waals surface area (Å²) in [5.74, 6) is 0.369. The zero-order chi connectivity index (χ0) is 24.9. The maximum Gasteiger partial charge on any atom is 0.264 e. The average molecular weight is 481 g/mol. The van der Waals surface area contributed by atoms with E-state index in [1.807, 2.05) is 65.0 Å². The molecule has 0 aromatic heterocycles. The summed E-state index contributed by atoms with van der Waals surface area (Å²) in [6.07, 6.45) is 0. The second kappa shape index (κ2) is 10.7. The lowest BCUT2D eigenvalue weighted by Gasteiger charge is -2.27. The predicted molar refractivity (Wildman–Crippen MR) is 136 cm³/mol. The van der Waals surface area contributed by atoms with Gasteiger partial charge in [0, 0.05) is 0 Å². The second-order valence-electron chi connectivity index (χ2n) is 8.34. The van der Waals surface area contributed by atoms with Crippen LogP contribution in [0.2, 0.25) is 0 Å². The third-order valence-electron chi connectivity index (χ3n) is 5.81. The van der Waals surface area contributed by atoms with Crippen molar-refractivity contribution in [1.29, 1.82) is 0 Å². The SMILES string of the molecule is CCOc1ccc([C@@H](C)NC(=O)CN(c2cccc(C)c2C)S(=O)(=O)c2ccc(C)cc2)cc1. The molecular formula is C27H32N2O4S. The minimum absolute atomic E-state index is 0.145. The molecule has 3 rings (SSSR count). The van der Waals surface area contributed by atoms with Crippen LogP contribution in [0.15, 0.2) is 71.6 Å². The number of nitrogens with one attached hydrogen (secondary N) is 1. The van der Waals surface area contributed by atoms with E-state index in [1.54, 1.807) is 36.4 Å². The molecule has 0 radical (unpaired) electrons. The fourth-order valence-corrected chi connectivity index (χ4v) is 5.14. The molecule has 1 amide bonds. The minimum atomic E-state index is -3.96. The number of rotatable bonds is 9. The van der Waals surface area contributed by atoms with E-state index < -0.39 is 15.9 Å². The number of sulfonamides is 1. The van der Waals surface area contributed by atoms with Gasteiger partial charge in [0.05, 0.1) is 23.2 Å². The summed E-state index contributed by atoms with van der Waals surface area (Å²) < 4.78 is 33.9. The first-order valence-corrected chi connectivity index (χ1v) is 12.7. The molecule has 3 aromatic carbocycles. The number of carbonyl (C=O) groups is 1. The topological polar surface area (TPSA) is 75.7 Å². The van der Waals surface area contributed by atoms with Crippen LogP contribution in [-0.2, 0) is 14.8 Å². The molecule has 0 spiro atoms. The van der Waals surface area contributed by atoms with Crippen LogP contribution in [0.5, 0.6) is 5.75 Å². The monoisotopic (exact) mass is 480 g/mol. The number of nitrogens with zero attached hydrogens (tertiary/aromatic N) is 1. The molecule has 0 saturated carbocycles. The summed E-state index contributed by atoms with van der Waals surface area (Å²) >= 11 is 0. The van der Waals surface area contributed by atoms with Crippen molar-refractivity contribution in [2.24, 2.45) is 0 Å². The fourth-order valence-electron chi connectivity index (χ4n) is 3.66. The van der Waals surface area contributed by atoms with Gasteiger partial charge in [0.2, 0.25) is 5.91 Å². The number of amides is 1. The zero-order valence-corrected chi connectivity index (χ0v) is 21.1. The summed E-state index contributed by atoms with van der Waals surface area (Å²) in [6.45, 7) is 9.71. The lowest BCUT2D eigenvalue weighted by Crippen LogP contribution is -2.42. The molecule has 180 valence electrons. The van der Waals surface area contributed by atoms with Crippen LogP contribution in [0.3, 0.4) is 0 Å². The van der Waals surface area contributed by atoms with E-state index in [4.69, 9.17) is 4.74 Å². The van der Waals surface area contributed by atoms with Gasteiger partial charge < -0.3 is 10.1 Å². The van der Waals surface area contributed by atoms with Gasteiger partial charge in [0.1, 0.15) is 12.3 Å². The van der Waals surface area contributed by atoms with E-state index in [0.29, 0.717) is 12.3 Å². The van der Waals surface area contributed by atoms with Crippen LogP contribution in [0.1, 0.15) is 42.1 Å². The van der Waals surface area contributed by atoms with Crippen LogP contribution in [0, 0.1) is 20.8 Å². The molecule has 1 atom stereocenters. The van der Waals surface area contributed by atoms with Crippen molar-refractivity contribution in [3.8, 4) is 5.75 Å². The van der Waals surface area contributed by atoms with Gasteiger partial charge in [-0.1, -0.05) is 42.0 Å². The van der Waals surface area contributed by atoms with Crippen LogP contribution < -0.4 is 14.4 Å². The Balaban J connectivity index is 1.88. The largest absolute Gasteiger partial charge is 0.494 e. The van der Waals surface area contributed by atoms with Gasteiger partial charge in [-0.25, -0.2) is 8.42 Å². The van der Waals surface area contributed by atoms with Gasteiger partial charge in [-0.15, -0.1) is 0 Å². The normalized spacial score (nSPS) is 12.1. The van der Waals surface area contributed by atoms with Crippen molar-refractivity contribution in [3.05, 3.63) is 89.0 Å². The predicted octanol–water partition coefficient (Wildman–Crippen LogP) is 5.08. The number of benzene rings is 3. The van der Waals surface area contributed by atoms with Gasteiger partial charge in [-0.3, -0.25) is 9.10 Å². The smallest absolute Gasteiger partial charge is 0.264 e. The van der Waals surface area contributed by atoms with Gasteiger partial charge >= 0.3 is 0 Å². The molecule has 0 aliphatic carbocycles. The molecule has 7 heteroatoms. The Morgan fingerprint density at radius 1 is 0.971 bits per heavy atom. The highest BCUT2D eigenvalue weighted by molar-refractivity contribution is 7.92. The van der Waals surface area contributed by atoms with E-state index in [1.165, 1.54) is 4.31 Å². The summed E-state index contributed by atoms with van der Waals surface area (Å²) in [5, 5.41) is 2.93. The Kier molecular flexibility index (Phi) is 7.99. The van der Waals surface area contributed by atoms with E-state index >= 15 is 0 Å². The van der Waals surface area contributed by atoms with Crippen molar-refractivity contribution < 1.29 is 17.9 Å².